The van der Waals surface area contributed by atoms with Crippen LogP contribution in [-0.2, 0) is 6.18 Å². The number of carbonyl (C=O) groups excluding carboxylic acids is 2. The van der Waals surface area contributed by atoms with Crippen LogP contribution >= 0.6 is 0 Å². The summed E-state index contributed by atoms with van der Waals surface area (Å²) >= 11 is 0. The monoisotopic (exact) mass is 335 g/mol. The van der Waals surface area contributed by atoms with Crippen molar-refractivity contribution >= 4 is 11.8 Å². The minimum atomic E-state index is -4.47. The highest BCUT2D eigenvalue weighted by molar-refractivity contribution is 6.21. The number of alkyl halides is 3. The molecule has 0 radical (unpaired) electrons. The fourth-order valence-corrected chi connectivity index (χ4v) is 2.58. The van der Waals surface area contributed by atoms with E-state index in [0.717, 1.165) is 29.2 Å². The summed E-state index contributed by atoms with van der Waals surface area (Å²) in [6.07, 6.45) is -5.74. The number of rotatable bonds is 3. The molecule has 0 saturated heterocycles. The van der Waals surface area contributed by atoms with Crippen LogP contribution in [0.1, 0.15) is 37.9 Å². The van der Waals surface area contributed by atoms with Crippen molar-refractivity contribution in [1.29, 1.82) is 0 Å². The third-order valence-corrected chi connectivity index (χ3v) is 3.86. The first-order valence-corrected chi connectivity index (χ1v) is 7.09. The molecule has 1 aliphatic rings. The van der Waals surface area contributed by atoms with Crippen molar-refractivity contribution in [3.63, 3.8) is 0 Å². The Balaban J connectivity index is 1.77. The highest BCUT2D eigenvalue weighted by Crippen LogP contribution is 2.30. The van der Waals surface area contributed by atoms with Gasteiger partial charge in [-0.15, -0.1) is 0 Å². The fourth-order valence-electron chi connectivity index (χ4n) is 2.58. The Hall–Kier alpha value is -2.67. The molecular weight excluding hydrogens is 323 g/mol. The molecule has 1 unspecified atom stereocenters. The number of halogens is 3. The fraction of sp³-hybridized carbons (Fsp3) is 0.176. The highest BCUT2D eigenvalue weighted by atomic mass is 19.4. The summed E-state index contributed by atoms with van der Waals surface area (Å²) in [4.78, 5) is 25.3. The lowest BCUT2D eigenvalue weighted by molar-refractivity contribution is -0.137. The highest BCUT2D eigenvalue weighted by Gasteiger charge is 2.36. The molecule has 124 valence electrons. The standard InChI is InChI=1S/C17H12F3NO3/c18-17(19,20)11-7-5-10(6-8-11)14(22)9-21-15(23)12-3-1-2-4-13(12)16(21)24/h1-8,14,22H,9H2. The Morgan fingerprint density at radius 2 is 1.42 bits per heavy atom. The number of benzene rings is 2. The van der Waals surface area contributed by atoms with Crippen LogP contribution in [-0.4, -0.2) is 28.4 Å². The van der Waals surface area contributed by atoms with Crippen LogP contribution < -0.4 is 0 Å². The number of aliphatic hydroxyl groups is 1. The maximum Gasteiger partial charge on any atom is 0.416 e. The molecule has 0 saturated carbocycles. The first-order chi connectivity index (χ1) is 11.3. The number of nitrogens with zero attached hydrogens (tertiary/aromatic N) is 1. The van der Waals surface area contributed by atoms with Crippen molar-refractivity contribution in [3.8, 4) is 0 Å². The van der Waals surface area contributed by atoms with Gasteiger partial charge in [0.05, 0.1) is 29.3 Å². The van der Waals surface area contributed by atoms with E-state index in [1.54, 1.807) is 12.1 Å². The third-order valence-electron chi connectivity index (χ3n) is 3.86. The molecule has 7 heteroatoms. The second-order valence-electron chi connectivity index (χ2n) is 5.40. The number of imide groups is 1. The number of hydrogen-bond acceptors (Lipinski definition) is 3. The van der Waals surface area contributed by atoms with Crippen molar-refractivity contribution in [2.24, 2.45) is 0 Å². The average Bonchev–Trinajstić information content (AvgIpc) is 2.79. The number of hydrogen-bond donors (Lipinski definition) is 1. The SMILES string of the molecule is O=C1c2ccccc2C(=O)N1CC(O)c1ccc(C(F)(F)F)cc1. The topological polar surface area (TPSA) is 57.6 Å². The van der Waals surface area contributed by atoms with Crippen LogP contribution in [0, 0.1) is 0 Å². The number of β-amino-alcohol motifs (C(OH)–C–C–N with tert-alkyl or cyclic N) is 1. The summed E-state index contributed by atoms with van der Waals surface area (Å²) in [7, 11) is 0. The third kappa shape index (κ3) is 2.78. The van der Waals surface area contributed by atoms with Crippen LogP contribution in [0.25, 0.3) is 0 Å². The molecule has 0 aromatic heterocycles. The molecule has 0 aliphatic carbocycles. The summed E-state index contributed by atoms with van der Waals surface area (Å²) in [5.41, 5.74) is -0.136. The van der Waals surface area contributed by atoms with Gasteiger partial charge in [0.2, 0.25) is 0 Å². The van der Waals surface area contributed by atoms with Crippen LogP contribution in [0.4, 0.5) is 13.2 Å². The van der Waals surface area contributed by atoms with Gasteiger partial charge in [0.25, 0.3) is 11.8 Å². The van der Waals surface area contributed by atoms with Crippen LogP contribution in [0.3, 0.4) is 0 Å². The second kappa shape index (κ2) is 5.76. The van der Waals surface area contributed by atoms with Crippen molar-refractivity contribution in [1.82, 2.24) is 4.90 Å². The molecular formula is C17H12F3NO3. The summed E-state index contributed by atoms with van der Waals surface area (Å²) in [6.45, 7) is -0.322. The van der Waals surface area contributed by atoms with Crippen molar-refractivity contribution < 1.29 is 27.9 Å². The van der Waals surface area contributed by atoms with Gasteiger partial charge >= 0.3 is 6.18 Å². The molecule has 1 aliphatic heterocycles. The zero-order valence-corrected chi connectivity index (χ0v) is 12.2. The first-order valence-electron chi connectivity index (χ1n) is 7.09. The van der Waals surface area contributed by atoms with E-state index in [1.165, 1.54) is 12.1 Å². The number of amides is 2. The van der Waals surface area contributed by atoms with Crippen LogP contribution in [0.5, 0.6) is 0 Å². The predicted octanol–water partition coefficient (Wildman–Crippen LogP) is 3.04. The minimum absolute atomic E-state index is 0.194. The first kappa shape index (κ1) is 16.2. The average molecular weight is 335 g/mol. The molecule has 0 spiro atoms. The number of carbonyl (C=O) groups is 2. The van der Waals surface area contributed by atoms with Gasteiger partial charge < -0.3 is 5.11 Å². The molecule has 3 rings (SSSR count). The Kier molecular flexibility index (Phi) is 3.88. The number of aliphatic hydroxyl groups excluding tert-OH is 1. The van der Waals surface area contributed by atoms with Gasteiger partial charge in [0.15, 0.2) is 0 Å². The second-order valence-corrected chi connectivity index (χ2v) is 5.40. The summed E-state index contributed by atoms with van der Waals surface area (Å²) in [5, 5.41) is 10.2. The smallest absolute Gasteiger partial charge is 0.387 e. The van der Waals surface area contributed by atoms with E-state index in [9.17, 15) is 27.9 Å². The van der Waals surface area contributed by atoms with Gasteiger partial charge in [-0.3, -0.25) is 14.5 Å². The Morgan fingerprint density at radius 3 is 1.88 bits per heavy atom. The van der Waals surface area contributed by atoms with E-state index in [0.29, 0.717) is 0 Å². The molecule has 1 atom stereocenters. The van der Waals surface area contributed by atoms with Gasteiger partial charge in [-0.2, -0.15) is 13.2 Å². The zero-order valence-electron chi connectivity index (χ0n) is 12.2. The zero-order chi connectivity index (χ0) is 17.5. The largest absolute Gasteiger partial charge is 0.416 e. The normalized spacial score (nSPS) is 15.6. The lowest BCUT2D eigenvalue weighted by atomic mass is 10.1. The molecule has 0 fully saturated rings. The van der Waals surface area contributed by atoms with Crippen molar-refractivity contribution in [3.05, 3.63) is 70.8 Å². The van der Waals surface area contributed by atoms with E-state index in [4.69, 9.17) is 0 Å². The van der Waals surface area contributed by atoms with E-state index in [2.05, 4.69) is 0 Å². The molecule has 4 nitrogen and oxygen atoms in total. The molecule has 24 heavy (non-hydrogen) atoms. The molecule has 2 amide bonds. The molecule has 2 aromatic rings. The van der Waals surface area contributed by atoms with Crippen molar-refractivity contribution in [2.45, 2.75) is 12.3 Å². The van der Waals surface area contributed by atoms with Gasteiger partial charge in [0, 0.05) is 0 Å². The maximum atomic E-state index is 12.5. The summed E-state index contributed by atoms with van der Waals surface area (Å²) < 4.78 is 37.6. The van der Waals surface area contributed by atoms with Gasteiger partial charge in [-0.25, -0.2) is 0 Å². The lowest BCUT2D eigenvalue weighted by Crippen LogP contribution is -2.33. The Morgan fingerprint density at radius 1 is 0.917 bits per heavy atom. The van der Waals surface area contributed by atoms with Crippen molar-refractivity contribution in [2.75, 3.05) is 6.54 Å². The van der Waals surface area contributed by atoms with E-state index in [1.807, 2.05) is 0 Å². The van der Waals surface area contributed by atoms with Gasteiger partial charge in [-0.05, 0) is 29.8 Å². The molecule has 1 N–H and O–H groups in total. The lowest BCUT2D eigenvalue weighted by Gasteiger charge is -2.19. The number of fused-ring (bicyclic) bond motifs is 1. The van der Waals surface area contributed by atoms with Gasteiger partial charge in [0.1, 0.15) is 0 Å². The molecule has 1 heterocycles. The van der Waals surface area contributed by atoms with E-state index < -0.39 is 29.7 Å². The van der Waals surface area contributed by atoms with Crippen LogP contribution in [0.2, 0.25) is 0 Å². The Bertz CT molecular complexity index is 764. The summed E-state index contributed by atoms with van der Waals surface area (Å²) in [5.74, 6) is -1.05. The van der Waals surface area contributed by atoms with Gasteiger partial charge in [-0.1, -0.05) is 24.3 Å². The van der Waals surface area contributed by atoms with E-state index >= 15 is 0 Å². The van der Waals surface area contributed by atoms with Crippen LogP contribution in [0.15, 0.2) is 48.5 Å². The maximum absolute atomic E-state index is 12.5. The summed E-state index contributed by atoms with van der Waals surface area (Å²) in [6, 6.07) is 10.2. The predicted molar refractivity (Wildman–Crippen MR) is 78.2 cm³/mol. The quantitative estimate of drug-likeness (QED) is 0.877. The van der Waals surface area contributed by atoms with E-state index in [-0.39, 0.29) is 23.2 Å². The Labute approximate surface area is 135 Å². The molecule has 0 bridgehead atoms. The molecule has 2 aromatic carbocycles. The minimum Gasteiger partial charge on any atom is -0.387 e.